The molecule has 0 spiro atoms. The Balaban J connectivity index is 1.69. The topological polar surface area (TPSA) is 3.24 Å². The van der Waals surface area contributed by atoms with E-state index in [9.17, 15) is 0 Å². The summed E-state index contributed by atoms with van der Waals surface area (Å²) in [5.41, 5.74) is 5.24. The maximum absolute atomic E-state index is 6.38. The quantitative estimate of drug-likeness (QED) is 0.677. The third-order valence-electron chi connectivity index (χ3n) is 4.98. The molecule has 0 atom stereocenters. The van der Waals surface area contributed by atoms with Gasteiger partial charge < -0.3 is 4.90 Å². The number of piperidine rings is 1. The van der Waals surface area contributed by atoms with Gasteiger partial charge in [0, 0.05) is 10.6 Å². The first kappa shape index (κ1) is 16.5. The SMILES string of the molecule is Cc1c(CCCN2CCCCC2)cccc1-c1ccccc1Cl. The second-order valence-electron chi connectivity index (χ2n) is 6.58. The van der Waals surface area contributed by atoms with Crippen molar-refractivity contribution in [2.24, 2.45) is 0 Å². The average Bonchev–Trinajstić information content (AvgIpc) is 2.58. The summed E-state index contributed by atoms with van der Waals surface area (Å²) in [6, 6.07) is 14.8. The van der Waals surface area contributed by atoms with Crippen molar-refractivity contribution in [1.29, 1.82) is 0 Å². The zero-order chi connectivity index (χ0) is 16.1. The Kier molecular flexibility index (Phi) is 5.75. The molecule has 1 aliphatic rings. The predicted octanol–water partition coefficient (Wildman–Crippen LogP) is 5.73. The highest BCUT2D eigenvalue weighted by atomic mass is 35.5. The van der Waals surface area contributed by atoms with Gasteiger partial charge in [-0.2, -0.15) is 0 Å². The van der Waals surface area contributed by atoms with Gasteiger partial charge in [-0.1, -0.05) is 54.4 Å². The van der Waals surface area contributed by atoms with Gasteiger partial charge in [0.05, 0.1) is 0 Å². The lowest BCUT2D eigenvalue weighted by Gasteiger charge is -2.26. The van der Waals surface area contributed by atoms with Crippen molar-refractivity contribution in [1.82, 2.24) is 4.90 Å². The number of rotatable bonds is 5. The normalized spacial score (nSPS) is 15.7. The van der Waals surface area contributed by atoms with Crippen LogP contribution in [0.15, 0.2) is 42.5 Å². The van der Waals surface area contributed by atoms with Crippen LogP contribution in [0.1, 0.15) is 36.8 Å². The summed E-state index contributed by atoms with van der Waals surface area (Å²) in [6.45, 7) is 6.04. The van der Waals surface area contributed by atoms with Gasteiger partial charge in [-0.15, -0.1) is 0 Å². The molecule has 1 fully saturated rings. The van der Waals surface area contributed by atoms with Crippen LogP contribution < -0.4 is 0 Å². The molecule has 0 aromatic heterocycles. The van der Waals surface area contributed by atoms with Crippen LogP contribution in [0.3, 0.4) is 0 Å². The first-order chi connectivity index (χ1) is 11.3. The molecule has 0 amide bonds. The predicted molar refractivity (Wildman–Crippen MR) is 100 cm³/mol. The second-order valence-corrected chi connectivity index (χ2v) is 6.98. The highest BCUT2D eigenvalue weighted by Gasteiger charge is 2.11. The van der Waals surface area contributed by atoms with Crippen molar-refractivity contribution < 1.29 is 0 Å². The van der Waals surface area contributed by atoms with E-state index in [2.05, 4.69) is 42.2 Å². The zero-order valence-electron chi connectivity index (χ0n) is 14.0. The van der Waals surface area contributed by atoms with Crippen molar-refractivity contribution in [3.05, 3.63) is 58.6 Å². The van der Waals surface area contributed by atoms with Crippen molar-refractivity contribution in [2.75, 3.05) is 19.6 Å². The molecule has 2 aromatic rings. The van der Waals surface area contributed by atoms with E-state index >= 15 is 0 Å². The Hall–Kier alpha value is -1.31. The van der Waals surface area contributed by atoms with Crippen LogP contribution in [0.25, 0.3) is 11.1 Å². The zero-order valence-corrected chi connectivity index (χ0v) is 14.8. The molecule has 122 valence electrons. The van der Waals surface area contributed by atoms with E-state index in [4.69, 9.17) is 11.6 Å². The Bertz CT molecular complexity index is 644. The average molecular weight is 328 g/mol. The summed E-state index contributed by atoms with van der Waals surface area (Å²) in [5, 5.41) is 0.834. The van der Waals surface area contributed by atoms with Crippen LogP contribution in [0.2, 0.25) is 5.02 Å². The van der Waals surface area contributed by atoms with E-state index in [1.165, 1.54) is 62.0 Å². The number of nitrogens with zero attached hydrogens (tertiary/aromatic N) is 1. The first-order valence-electron chi connectivity index (χ1n) is 8.81. The van der Waals surface area contributed by atoms with E-state index in [1.54, 1.807) is 0 Å². The molecule has 0 unspecified atom stereocenters. The van der Waals surface area contributed by atoms with Gasteiger partial charge in [0.1, 0.15) is 0 Å². The Morgan fingerprint density at radius 1 is 0.913 bits per heavy atom. The highest BCUT2D eigenvalue weighted by Crippen LogP contribution is 2.31. The second kappa shape index (κ2) is 7.99. The minimum absolute atomic E-state index is 0.834. The fraction of sp³-hybridized carbons (Fsp3) is 0.429. The van der Waals surface area contributed by atoms with E-state index in [-0.39, 0.29) is 0 Å². The van der Waals surface area contributed by atoms with Gasteiger partial charge in [0.2, 0.25) is 0 Å². The fourth-order valence-corrected chi connectivity index (χ4v) is 3.84. The van der Waals surface area contributed by atoms with Gasteiger partial charge in [0.15, 0.2) is 0 Å². The molecular weight excluding hydrogens is 302 g/mol. The Labute approximate surface area is 145 Å². The molecule has 0 radical (unpaired) electrons. The smallest absolute Gasteiger partial charge is 0.0484 e. The molecule has 1 nitrogen and oxygen atoms in total. The molecule has 0 N–H and O–H groups in total. The summed E-state index contributed by atoms with van der Waals surface area (Å²) < 4.78 is 0. The van der Waals surface area contributed by atoms with Crippen LogP contribution >= 0.6 is 11.6 Å². The van der Waals surface area contributed by atoms with Gasteiger partial charge in [0.25, 0.3) is 0 Å². The number of likely N-dealkylation sites (tertiary alicyclic amines) is 1. The summed E-state index contributed by atoms with van der Waals surface area (Å²) >= 11 is 6.38. The molecule has 2 aromatic carbocycles. The minimum Gasteiger partial charge on any atom is -0.303 e. The summed E-state index contributed by atoms with van der Waals surface area (Å²) in [7, 11) is 0. The van der Waals surface area contributed by atoms with Crippen LogP contribution in [-0.2, 0) is 6.42 Å². The molecule has 1 heterocycles. The molecule has 0 bridgehead atoms. The standard InChI is InChI=1S/C21H26ClN/c1-17-18(10-8-16-23-14-5-2-6-15-23)9-7-12-19(17)20-11-3-4-13-21(20)22/h3-4,7,9,11-13H,2,5-6,8,10,14-16H2,1H3. The largest absolute Gasteiger partial charge is 0.303 e. The molecular formula is C21H26ClN. The Morgan fingerprint density at radius 2 is 1.65 bits per heavy atom. The number of hydrogen-bond donors (Lipinski definition) is 0. The summed E-state index contributed by atoms with van der Waals surface area (Å²) in [4.78, 5) is 2.62. The van der Waals surface area contributed by atoms with Crippen molar-refractivity contribution >= 4 is 11.6 Å². The monoisotopic (exact) mass is 327 g/mol. The highest BCUT2D eigenvalue weighted by molar-refractivity contribution is 6.33. The third-order valence-corrected chi connectivity index (χ3v) is 5.31. The lowest BCUT2D eigenvalue weighted by atomic mass is 9.94. The lowest BCUT2D eigenvalue weighted by Crippen LogP contribution is -2.30. The third kappa shape index (κ3) is 4.16. The van der Waals surface area contributed by atoms with E-state index in [0.717, 1.165) is 17.0 Å². The molecule has 3 rings (SSSR count). The number of halogens is 1. The minimum atomic E-state index is 0.834. The van der Waals surface area contributed by atoms with E-state index in [0.29, 0.717) is 0 Å². The van der Waals surface area contributed by atoms with Crippen LogP contribution in [0, 0.1) is 6.92 Å². The van der Waals surface area contributed by atoms with Gasteiger partial charge in [-0.3, -0.25) is 0 Å². The van der Waals surface area contributed by atoms with Gasteiger partial charge in [-0.25, -0.2) is 0 Å². The van der Waals surface area contributed by atoms with Crippen molar-refractivity contribution in [3.63, 3.8) is 0 Å². The van der Waals surface area contributed by atoms with Crippen molar-refractivity contribution in [3.8, 4) is 11.1 Å². The molecule has 0 aliphatic carbocycles. The molecule has 0 saturated carbocycles. The molecule has 2 heteroatoms. The van der Waals surface area contributed by atoms with Crippen LogP contribution in [0.4, 0.5) is 0 Å². The molecule has 1 saturated heterocycles. The lowest BCUT2D eigenvalue weighted by molar-refractivity contribution is 0.226. The Morgan fingerprint density at radius 3 is 2.43 bits per heavy atom. The molecule has 23 heavy (non-hydrogen) atoms. The van der Waals surface area contributed by atoms with Gasteiger partial charge in [-0.05, 0) is 75.0 Å². The fourth-order valence-electron chi connectivity index (χ4n) is 3.60. The number of hydrogen-bond acceptors (Lipinski definition) is 1. The summed E-state index contributed by atoms with van der Waals surface area (Å²) in [5.74, 6) is 0. The van der Waals surface area contributed by atoms with Crippen molar-refractivity contribution in [2.45, 2.75) is 39.0 Å². The maximum Gasteiger partial charge on any atom is 0.0484 e. The number of aryl methyl sites for hydroxylation is 1. The van der Waals surface area contributed by atoms with Crippen LogP contribution in [0.5, 0.6) is 0 Å². The van der Waals surface area contributed by atoms with Gasteiger partial charge >= 0.3 is 0 Å². The number of benzene rings is 2. The first-order valence-corrected chi connectivity index (χ1v) is 9.19. The van der Waals surface area contributed by atoms with E-state index < -0.39 is 0 Å². The maximum atomic E-state index is 6.38. The van der Waals surface area contributed by atoms with Crippen LogP contribution in [-0.4, -0.2) is 24.5 Å². The summed E-state index contributed by atoms with van der Waals surface area (Å²) in [6.07, 6.45) is 6.56. The van der Waals surface area contributed by atoms with E-state index in [1.807, 2.05) is 12.1 Å². The molecule has 1 aliphatic heterocycles.